The Morgan fingerprint density at radius 2 is 1.95 bits per heavy atom. The van der Waals surface area contributed by atoms with Gasteiger partial charge in [-0.1, -0.05) is 42.1 Å². The number of hydrogen-bond donors (Lipinski definition) is 1. The van der Waals surface area contributed by atoms with E-state index in [0.717, 1.165) is 44.2 Å². The highest BCUT2D eigenvalue weighted by Crippen LogP contribution is 2.32. The smallest absolute Gasteiger partial charge is 0.226 e. The molecule has 0 radical (unpaired) electrons. The van der Waals surface area contributed by atoms with Crippen LogP contribution >= 0.6 is 23.2 Å². The molecule has 1 saturated carbocycles. The Labute approximate surface area is 141 Å². The average Bonchev–Trinajstić information content (AvgIpc) is 2.84. The second-order valence-corrected chi connectivity index (χ2v) is 7.22. The van der Waals surface area contributed by atoms with E-state index in [1.807, 2.05) is 17.0 Å². The minimum atomic E-state index is -0.365. The molecule has 3 rings (SSSR count). The zero-order chi connectivity index (χ0) is 15.7. The standard InChI is InChI=1S/C17H21Cl2NO2/c18-13-6-5-11(14(19)10-13)9-12-7-8-20(17(12)22)15-3-1-2-4-16(15)21/h5-6,10,12,15-16,21H,1-4,7-9H2/t12?,15-,16+/m0/s1. The van der Waals surface area contributed by atoms with Gasteiger partial charge in [0.1, 0.15) is 0 Å². The minimum Gasteiger partial charge on any atom is -0.391 e. The summed E-state index contributed by atoms with van der Waals surface area (Å²) in [5.41, 5.74) is 0.968. The lowest BCUT2D eigenvalue weighted by Crippen LogP contribution is -2.46. The average molecular weight is 342 g/mol. The molecule has 1 aromatic rings. The van der Waals surface area contributed by atoms with Crippen molar-refractivity contribution in [2.75, 3.05) is 6.54 Å². The molecule has 0 spiro atoms. The molecule has 1 unspecified atom stereocenters. The lowest BCUT2D eigenvalue weighted by atomic mass is 9.91. The highest BCUT2D eigenvalue weighted by atomic mass is 35.5. The van der Waals surface area contributed by atoms with E-state index < -0.39 is 0 Å². The zero-order valence-electron chi connectivity index (χ0n) is 12.5. The molecule has 1 saturated heterocycles. The maximum atomic E-state index is 12.7. The number of hydrogen-bond acceptors (Lipinski definition) is 2. The van der Waals surface area contributed by atoms with Crippen molar-refractivity contribution in [1.82, 2.24) is 4.90 Å². The highest BCUT2D eigenvalue weighted by Gasteiger charge is 2.39. The highest BCUT2D eigenvalue weighted by molar-refractivity contribution is 6.35. The van der Waals surface area contributed by atoms with Crippen LogP contribution in [0.1, 0.15) is 37.7 Å². The maximum Gasteiger partial charge on any atom is 0.226 e. The number of likely N-dealkylation sites (tertiary alicyclic amines) is 1. The first-order valence-electron chi connectivity index (χ1n) is 7.98. The van der Waals surface area contributed by atoms with Crippen LogP contribution in [0.3, 0.4) is 0 Å². The topological polar surface area (TPSA) is 40.5 Å². The zero-order valence-corrected chi connectivity index (χ0v) is 14.0. The van der Waals surface area contributed by atoms with Gasteiger partial charge in [-0.05, 0) is 43.4 Å². The summed E-state index contributed by atoms with van der Waals surface area (Å²) in [4.78, 5) is 14.6. The Morgan fingerprint density at radius 1 is 1.18 bits per heavy atom. The van der Waals surface area contributed by atoms with E-state index in [1.54, 1.807) is 6.07 Å². The Hall–Kier alpha value is -0.770. The molecule has 1 heterocycles. The van der Waals surface area contributed by atoms with Gasteiger partial charge in [0.25, 0.3) is 0 Å². The van der Waals surface area contributed by atoms with Crippen LogP contribution < -0.4 is 0 Å². The van der Waals surface area contributed by atoms with Crippen LogP contribution in [0.25, 0.3) is 0 Å². The predicted octanol–water partition coefficient (Wildman–Crippen LogP) is 3.69. The van der Waals surface area contributed by atoms with Crippen LogP contribution in [0.2, 0.25) is 10.0 Å². The van der Waals surface area contributed by atoms with Crippen molar-refractivity contribution in [3.63, 3.8) is 0 Å². The number of rotatable bonds is 3. The summed E-state index contributed by atoms with van der Waals surface area (Å²) in [5.74, 6) is 0.129. The van der Waals surface area contributed by atoms with E-state index in [1.165, 1.54) is 0 Å². The molecule has 2 aliphatic rings. The fourth-order valence-electron chi connectivity index (χ4n) is 3.69. The van der Waals surface area contributed by atoms with Gasteiger partial charge in [-0.3, -0.25) is 4.79 Å². The summed E-state index contributed by atoms with van der Waals surface area (Å²) in [6.45, 7) is 0.746. The number of aliphatic hydroxyl groups excluding tert-OH is 1. The van der Waals surface area contributed by atoms with Crippen LogP contribution in [0, 0.1) is 5.92 Å². The van der Waals surface area contributed by atoms with Gasteiger partial charge in [-0.2, -0.15) is 0 Å². The van der Waals surface area contributed by atoms with Crippen LogP contribution in [0.4, 0.5) is 0 Å². The van der Waals surface area contributed by atoms with Gasteiger partial charge < -0.3 is 10.0 Å². The fraction of sp³-hybridized carbons (Fsp3) is 0.588. The largest absolute Gasteiger partial charge is 0.391 e. The molecule has 1 aliphatic carbocycles. The van der Waals surface area contributed by atoms with E-state index in [0.29, 0.717) is 16.5 Å². The number of carbonyl (C=O) groups excluding carboxylic acids is 1. The third-order valence-electron chi connectivity index (χ3n) is 4.93. The predicted molar refractivity (Wildman–Crippen MR) is 88.2 cm³/mol. The van der Waals surface area contributed by atoms with Crippen molar-refractivity contribution in [2.24, 2.45) is 5.92 Å². The molecule has 1 N–H and O–H groups in total. The van der Waals surface area contributed by atoms with E-state index >= 15 is 0 Å². The molecule has 120 valence electrons. The summed E-state index contributed by atoms with van der Waals surface area (Å²) in [6.07, 6.45) is 5.00. The van der Waals surface area contributed by atoms with Crippen molar-refractivity contribution in [1.29, 1.82) is 0 Å². The van der Waals surface area contributed by atoms with Crippen molar-refractivity contribution in [2.45, 2.75) is 50.7 Å². The van der Waals surface area contributed by atoms with Gasteiger partial charge in [-0.25, -0.2) is 0 Å². The number of amides is 1. The van der Waals surface area contributed by atoms with Gasteiger partial charge >= 0.3 is 0 Å². The third kappa shape index (κ3) is 3.27. The van der Waals surface area contributed by atoms with Crippen LogP contribution in [-0.2, 0) is 11.2 Å². The van der Waals surface area contributed by atoms with Crippen molar-refractivity contribution < 1.29 is 9.90 Å². The second-order valence-electron chi connectivity index (χ2n) is 6.38. The van der Waals surface area contributed by atoms with Gasteiger partial charge in [0.2, 0.25) is 5.91 Å². The normalized spacial score (nSPS) is 29.1. The van der Waals surface area contributed by atoms with Crippen LogP contribution in [-0.4, -0.2) is 34.6 Å². The molecular weight excluding hydrogens is 321 g/mol. The quantitative estimate of drug-likeness (QED) is 0.910. The van der Waals surface area contributed by atoms with Crippen molar-refractivity contribution in [3.05, 3.63) is 33.8 Å². The molecule has 5 heteroatoms. The Bertz CT molecular complexity index is 564. The Balaban J connectivity index is 1.68. The molecule has 0 bridgehead atoms. The Kier molecular flexibility index (Phi) is 4.96. The summed E-state index contributed by atoms with van der Waals surface area (Å²) in [6, 6.07) is 5.44. The fourth-order valence-corrected chi connectivity index (χ4v) is 4.18. The maximum absolute atomic E-state index is 12.7. The van der Waals surface area contributed by atoms with E-state index in [9.17, 15) is 9.90 Å². The molecule has 3 atom stereocenters. The minimum absolute atomic E-state index is 0.00643. The molecule has 3 nitrogen and oxygen atoms in total. The van der Waals surface area contributed by atoms with Gasteiger partial charge in [0.15, 0.2) is 0 Å². The molecule has 0 aromatic heterocycles. The molecule has 22 heavy (non-hydrogen) atoms. The van der Waals surface area contributed by atoms with Gasteiger partial charge in [0.05, 0.1) is 12.1 Å². The van der Waals surface area contributed by atoms with Gasteiger partial charge in [0, 0.05) is 22.5 Å². The molecule has 1 aromatic carbocycles. The van der Waals surface area contributed by atoms with E-state index in [2.05, 4.69) is 0 Å². The number of aliphatic hydroxyl groups is 1. The monoisotopic (exact) mass is 341 g/mol. The number of carbonyl (C=O) groups is 1. The lowest BCUT2D eigenvalue weighted by molar-refractivity contribution is -0.136. The lowest BCUT2D eigenvalue weighted by Gasteiger charge is -2.35. The second kappa shape index (κ2) is 6.77. The first kappa shape index (κ1) is 16.1. The van der Waals surface area contributed by atoms with Gasteiger partial charge in [-0.15, -0.1) is 0 Å². The van der Waals surface area contributed by atoms with E-state index in [-0.39, 0.29) is 24.0 Å². The summed E-state index contributed by atoms with van der Waals surface area (Å²) < 4.78 is 0. The summed E-state index contributed by atoms with van der Waals surface area (Å²) in [5, 5.41) is 11.4. The van der Waals surface area contributed by atoms with Crippen LogP contribution in [0.15, 0.2) is 18.2 Å². The first-order valence-corrected chi connectivity index (χ1v) is 8.74. The van der Waals surface area contributed by atoms with E-state index in [4.69, 9.17) is 23.2 Å². The number of halogens is 2. The summed E-state index contributed by atoms with van der Waals surface area (Å²) in [7, 11) is 0. The number of benzene rings is 1. The van der Waals surface area contributed by atoms with Crippen LogP contribution in [0.5, 0.6) is 0 Å². The molecular formula is C17H21Cl2NO2. The summed E-state index contributed by atoms with van der Waals surface area (Å²) >= 11 is 12.1. The molecule has 2 fully saturated rings. The van der Waals surface area contributed by atoms with Crippen molar-refractivity contribution >= 4 is 29.1 Å². The molecule has 1 amide bonds. The SMILES string of the molecule is O=C1C(Cc2ccc(Cl)cc2Cl)CCN1[C@H]1CCCC[C@H]1O. The Morgan fingerprint density at radius 3 is 2.68 bits per heavy atom. The molecule has 1 aliphatic heterocycles. The first-order chi connectivity index (χ1) is 10.6. The number of nitrogens with zero attached hydrogens (tertiary/aromatic N) is 1. The van der Waals surface area contributed by atoms with Crippen molar-refractivity contribution in [3.8, 4) is 0 Å². The third-order valence-corrected chi connectivity index (χ3v) is 5.51.